The Morgan fingerprint density at radius 3 is 2.16 bits per heavy atom. The quantitative estimate of drug-likeness (QED) is 0.522. The van der Waals surface area contributed by atoms with Crippen molar-refractivity contribution < 1.29 is 14.4 Å². The molecule has 5 nitrogen and oxygen atoms in total. The fourth-order valence-corrected chi connectivity index (χ4v) is 7.76. The van der Waals surface area contributed by atoms with Crippen LogP contribution in [0.1, 0.15) is 60.3 Å². The number of halogens is 1. The zero-order valence-electron chi connectivity index (χ0n) is 17.7. The summed E-state index contributed by atoms with van der Waals surface area (Å²) in [5.74, 6) is -1.92. The number of carbonyl (C=O) groups is 3. The summed E-state index contributed by atoms with van der Waals surface area (Å²) in [4.78, 5) is 41.3. The minimum Gasteiger partial charge on any atom is -0.352 e. The number of alkyl halides is 1. The lowest BCUT2D eigenvalue weighted by molar-refractivity contribution is -0.144. The van der Waals surface area contributed by atoms with Crippen molar-refractivity contribution in [2.24, 2.45) is 11.8 Å². The van der Waals surface area contributed by atoms with Crippen LogP contribution in [0.15, 0.2) is 48.5 Å². The monoisotopic (exact) mass is 492 g/mol. The third-order valence-electron chi connectivity index (χ3n) is 7.88. The van der Waals surface area contributed by atoms with Gasteiger partial charge >= 0.3 is 0 Å². The van der Waals surface area contributed by atoms with E-state index in [0.717, 1.165) is 47.9 Å². The van der Waals surface area contributed by atoms with Gasteiger partial charge in [0.25, 0.3) is 0 Å². The van der Waals surface area contributed by atoms with Crippen LogP contribution in [0.3, 0.4) is 0 Å². The normalized spacial score (nSPS) is 30.7. The molecule has 164 valence electrons. The maximum atomic E-state index is 13.7. The van der Waals surface area contributed by atoms with Gasteiger partial charge in [-0.15, -0.1) is 0 Å². The SMILES string of the molecule is O=C(CN1C(=O)[C@@H]2C3c4ccccc4C(Br)(c4ccccc43)[C@@H]2C1=O)NC1CCCCC1. The van der Waals surface area contributed by atoms with Gasteiger partial charge in [-0.1, -0.05) is 83.7 Å². The molecule has 0 aromatic heterocycles. The molecule has 1 heterocycles. The Bertz CT molecular complexity index is 1090. The predicted molar refractivity (Wildman–Crippen MR) is 123 cm³/mol. The minimum atomic E-state index is -0.763. The van der Waals surface area contributed by atoms with E-state index in [-0.39, 0.29) is 36.2 Å². The molecule has 1 saturated carbocycles. The second-order valence-electron chi connectivity index (χ2n) is 9.53. The van der Waals surface area contributed by atoms with Crippen LogP contribution in [0, 0.1) is 11.8 Å². The van der Waals surface area contributed by atoms with Crippen molar-refractivity contribution in [2.75, 3.05) is 6.54 Å². The molecule has 2 fully saturated rings. The number of hydrogen-bond acceptors (Lipinski definition) is 3. The number of likely N-dealkylation sites (tertiary alicyclic amines) is 1. The molecule has 0 radical (unpaired) electrons. The molecule has 2 atom stereocenters. The van der Waals surface area contributed by atoms with E-state index in [0.29, 0.717) is 0 Å². The Morgan fingerprint density at radius 2 is 1.53 bits per heavy atom. The third kappa shape index (κ3) is 2.65. The first-order valence-corrected chi connectivity index (χ1v) is 12.3. The number of nitrogens with one attached hydrogen (secondary N) is 1. The van der Waals surface area contributed by atoms with Gasteiger partial charge in [0.05, 0.1) is 16.2 Å². The standard InChI is InChI=1S/C26H25BrN2O3/c27-26-18-12-6-4-10-16(18)21(17-11-5-7-13-19(17)26)22-23(26)25(32)29(24(22)31)14-20(30)28-15-8-2-1-3-9-15/h4-7,10-13,15,21-23H,1-3,8-9,14H2,(H,28,30)/t21?,22-,23+,26?/m1/s1. The van der Waals surface area contributed by atoms with Crippen molar-refractivity contribution >= 4 is 33.7 Å². The van der Waals surface area contributed by atoms with E-state index >= 15 is 0 Å². The van der Waals surface area contributed by atoms with Crippen molar-refractivity contribution in [2.45, 2.75) is 48.4 Å². The lowest BCUT2D eigenvalue weighted by Gasteiger charge is -2.51. The van der Waals surface area contributed by atoms with E-state index in [1.54, 1.807) is 0 Å². The van der Waals surface area contributed by atoms with Gasteiger partial charge in [-0.05, 0) is 35.1 Å². The first-order valence-electron chi connectivity index (χ1n) is 11.5. The Labute approximate surface area is 195 Å². The second-order valence-corrected chi connectivity index (χ2v) is 10.8. The number of hydrogen-bond donors (Lipinski definition) is 1. The molecule has 32 heavy (non-hydrogen) atoms. The third-order valence-corrected chi connectivity index (χ3v) is 9.23. The molecule has 7 rings (SSSR count). The molecule has 2 bridgehead atoms. The Kier molecular flexibility index (Phi) is 4.58. The van der Waals surface area contributed by atoms with Gasteiger partial charge in [-0.3, -0.25) is 19.3 Å². The summed E-state index contributed by atoms with van der Waals surface area (Å²) in [6.45, 7) is -0.191. The van der Waals surface area contributed by atoms with Crippen LogP contribution in [0.4, 0.5) is 0 Å². The number of nitrogens with zero attached hydrogens (tertiary/aromatic N) is 1. The molecule has 2 aromatic rings. The molecule has 2 aromatic carbocycles. The molecular formula is C26H25BrN2O3. The van der Waals surface area contributed by atoms with Crippen molar-refractivity contribution in [3.05, 3.63) is 70.8 Å². The van der Waals surface area contributed by atoms with Crippen LogP contribution in [0.5, 0.6) is 0 Å². The van der Waals surface area contributed by atoms with Crippen LogP contribution in [0.2, 0.25) is 0 Å². The Morgan fingerprint density at radius 1 is 0.938 bits per heavy atom. The molecule has 4 aliphatic carbocycles. The smallest absolute Gasteiger partial charge is 0.240 e. The largest absolute Gasteiger partial charge is 0.352 e. The summed E-state index contributed by atoms with van der Waals surface area (Å²) in [7, 11) is 0. The van der Waals surface area contributed by atoms with Gasteiger partial charge in [0.2, 0.25) is 17.7 Å². The lowest BCUT2D eigenvalue weighted by Crippen LogP contribution is -2.50. The molecule has 1 saturated heterocycles. The molecule has 0 unspecified atom stereocenters. The van der Waals surface area contributed by atoms with E-state index in [2.05, 4.69) is 45.5 Å². The summed E-state index contributed by atoms with van der Waals surface area (Å²) in [5, 5.41) is 3.05. The van der Waals surface area contributed by atoms with Crippen LogP contribution >= 0.6 is 15.9 Å². The van der Waals surface area contributed by atoms with Crippen LogP contribution in [-0.4, -0.2) is 35.2 Å². The lowest BCUT2D eigenvalue weighted by atomic mass is 9.55. The molecule has 3 amide bonds. The Hall–Kier alpha value is -2.47. The summed E-state index contributed by atoms with van der Waals surface area (Å²) < 4.78 is -0.763. The number of carbonyl (C=O) groups excluding carboxylic acids is 3. The molecule has 1 N–H and O–H groups in total. The summed E-state index contributed by atoms with van der Waals surface area (Å²) in [5.41, 5.74) is 4.30. The molecular weight excluding hydrogens is 468 g/mol. The highest BCUT2D eigenvalue weighted by atomic mass is 79.9. The van der Waals surface area contributed by atoms with Crippen molar-refractivity contribution in [3.8, 4) is 0 Å². The number of imide groups is 1. The average molecular weight is 493 g/mol. The topological polar surface area (TPSA) is 66.5 Å². The number of amides is 3. The highest BCUT2D eigenvalue weighted by Gasteiger charge is 2.67. The maximum absolute atomic E-state index is 13.7. The van der Waals surface area contributed by atoms with E-state index in [1.165, 1.54) is 11.3 Å². The Balaban J connectivity index is 1.37. The first-order chi connectivity index (χ1) is 15.5. The van der Waals surface area contributed by atoms with Gasteiger partial charge in [0.15, 0.2) is 0 Å². The van der Waals surface area contributed by atoms with Gasteiger partial charge in [-0.2, -0.15) is 0 Å². The highest BCUT2D eigenvalue weighted by Crippen LogP contribution is 2.66. The van der Waals surface area contributed by atoms with Crippen molar-refractivity contribution in [3.63, 3.8) is 0 Å². The average Bonchev–Trinajstić information content (AvgIpc) is 3.06. The molecule has 6 heteroatoms. The van der Waals surface area contributed by atoms with E-state index in [4.69, 9.17) is 0 Å². The van der Waals surface area contributed by atoms with Crippen LogP contribution in [0.25, 0.3) is 0 Å². The van der Waals surface area contributed by atoms with E-state index < -0.39 is 16.2 Å². The van der Waals surface area contributed by atoms with Crippen molar-refractivity contribution in [1.29, 1.82) is 0 Å². The summed E-state index contributed by atoms with van der Waals surface area (Å²) >= 11 is 3.98. The van der Waals surface area contributed by atoms with Gasteiger partial charge in [0.1, 0.15) is 6.54 Å². The maximum Gasteiger partial charge on any atom is 0.240 e. The zero-order chi connectivity index (χ0) is 22.0. The highest BCUT2D eigenvalue weighted by molar-refractivity contribution is 9.09. The number of rotatable bonds is 3. The summed E-state index contributed by atoms with van der Waals surface area (Å²) in [6.07, 6.45) is 5.36. The fraction of sp³-hybridized carbons (Fsp3) is 0.423. The van der Waals surface area contributed by atoms with Crippen LogP contribution in [-0.2, 0) is 18.7 Å². The summed E-state index contributed by atoms with van der Waals surface area (Å²) in [6, 6.07) is 16.3. The fourth-order valence-electron chi connectivity index (χ4n) is 6.56. The molecule has 0 spiro atoms. The second kappa shape index (κ2) is 7.27. The van der Waals surface area contributed by atoms with E-state index in [9.17, 15) is 14.4 Å². The van der Waals surface area contributed by atoms with Gasteiger partial charge < -0.3 is 5.32 Å². The zero-order valence-corrected chi connectivity index (χ0v) is 19.3. The number of benzene rings is 2. The molecule has 5 aliphatic rings. The molecule has 1 aliphatic heterocycles. The van der Waals surface area contributed by atoms with E-state index in [1.807, 2.05) is 24.3 Å². The van der Waals surface area contributed by atoms with Gasteiger partial charge in [-0.25, -0.2) is 0 Å². The van der Waals surface area contributed by atoms with Crippen molar-refractivity contribution in [1.82, 2.24) is 10.2 Å². The minimum absolute atomic E-state index is 0.151. The predicted octanol–water partition coefficient (Wildman–Crippen LogP) is 3.83. The van der Waals surface area contributed by atoms with Gasteiger partial charge in [0, 0.05) is 12.0 Å². The van der Waals surface area contributed by atoms with Crippen LogP contribution < -0.4 is 5.32 Å². The first kappa shape index (κ1) is 20.2.